The average Bonchev–Trinajstić information content (AvgIpc) is 2.98. The summed E-state index contributed by atoms with van der Waals surface area (Å²) in [7, 11) is -6.32. The Hall–Kier alpha value is -1.49. The normalized spacial score (nSPS) is 23.1. The minimum atomic E-state index is -6.32. The fourth-order valence-electron chi connectivity index (χ4n) is 2.30. The maximum absolute atomic E-state index is 13.3. The van der Waals surface area contributed by atoms with Crippen molar-refractivity contribution < 1.29 is 67.8 Å². The molecule has 0 aromatic rings. The van der Waals surface area contributed by atoms with Crippen LogP contribution >= 0.6 is 0 Å². The molecule has 2 atom stereocenters. The van der Waals surface area contributed by atoms with Crippen molar-refractivity contribution in [3.63, 3.8) is 0 Å². The summed E-state index contributed by atoms with van der Waals surface area (Å²) < 4.78 is 133. The lowest BCUT2D eigenvalue weighted by atomic mass is 10.1. The number of esters is 1. The fourth-order valence-corrected chi connectivity index (χ4v) is 2.78. The van der Waals surface area contributed by atoms with E-state index in [1.165, 1.54) is 0 Å². The van der Waals surface area contributed by atoms with Gasteiger partial charge in [-0.05, 0) is 12.8 Å². The molecule has 0 aromatic carbocycles. The van der Waals surface area contributed by atoms with Gasteiger partial charge < -0.3 is 19.3 Å². The molecule has 0 saturated carbocycles. The highest BCUT2D eigenvalue weighted by Gasteiger charge is 2.65. The number of rotatable bonds is 11. The molecule has 1 aliphatic rings. The summed E-state index contributed by atoms with van der Waals surface area (Å²) in [5.41, 5.74) is -0.370. The van der Waals surface area contributed by atoms with E-state index < -0.39 is 77.8 Å². The van der Waals surface area contributed by atoms with Crippen molar-refractivity contribution in [1.82, 2.24) is 0 Å². The molecule has 1 fully saturated rings. The van der Waals surface area contributed by atoms with Gasteiger partial charge in [0.05, 0.1) is 25.2 Å². The maximum atomic E-state index is 13.3. The Balaban J connectivity index is 2.33. The second-order valence-corrected chi connectivity index (χ2v) is 8.10. The van der Waals surface area contributed by atoms with E-state index in [1.54, 1.807) is 0 Å². The number of hydrogen-bond donors (Lipinski definition) is 2. The van der Waals surface area contributed by atoms with Gasteiger partial charge in [-0.2, -0.15) is 39.2 Å². The summed E-state index contributed by atoms with van der Waals surface area (Å²) in [6.07, 6.45) is -10.1. The van der Waals surface area contributed by atoms with Crippen molar-refractivity contribution in [2.24, 2.45) is 0 Å². The number of halogens is 7. The van der Waals surface area contributed by atoms with Gasteiger partial charge in [0.25, 0.3) is 5.79 Å². The second kappa shape index (κ2) is 9.56. The lowest BCUT2D eigenvalue weighted by Crippen LogP contribution is -2.46. The van der Waals surface area contributed by atoms with E-state index in [0.29, 0.717) is 0 Å². The molecule has 0 bridgehead atoms. The molecule has 182 valence electrons. The molecular formula is C15H19F7O8S. The molecule has 0 aromatic heterocycles. The van der Waals surface area contributed by atoms with E-state index in [2.05, 4.69) is 16.1 Å². The molecule has 0 aliphatic carbocycles. The predicted molar refractivity (Wildman–Crippen MR) is 86.7 cm³/mol. The zero-order chi connectivity index (χ0) is 24.3. The Labute approximate surface area is 171 Å². The molecule has 0 radical (unpaired) electrons. The standard InChI is InChI=1S/C15H19F7O8S/c1-9(11(23)30-10-6-13(24,29-8-10)14(18,19)20)7-28-5-3-2-4-12(16,17)15(21,22)31(25,26)27/h10,24H,1-8H2,(H,25,26,27). The van der Waals surface area contributed by atoms with Crippen LogP contribution in [0.2, 0.25) is 0 Å². The van der Waals surface area contributed by atoms with Crippen LogP contribution in [0.4, 0.5) is 30.7 Å². The first-order chi connectivity index (χ1) is 13.8. The molecule has 2 unspecified atom stereocenters. The number of aliphatic hydroxyl groups is 1. The summed E-state index contributed by atoms with van der Waals surface area (Å²) in [4.78, 5) is 11.7. The second-order valence-electron chi connectivity index (χ2n) is 6.63. The number of ether oxygens (including phenoxy) is 3. The topological polar surface area (TPSA) is 119 Å². The Kier molecular flexibility index (Phi) is 8.49. The van der Waals surface area contributed by atoms with Gasteiger partial charge in [-0.15, -0.1) is 0 Å². The van der Waals surface area contributed by atoms with Gasteiger partial charge in [0, 0.05) is 13.0 Å². The lowest BCUT2D eigenvalue weighted by Gasteiger charge is -2.24. The predicted octanol–water partition coefficient (Wildman–Crippen LogP) is 2.43. The Morgan fingerprint density at radius 2 is 1.74 bits per heavy atom. The van der Waals surface area contributed by atoms with Crippen LogP contribution in [0.5, 0.6) is 0 Å². The van der Waals surface area contributed by atoms with Crippen LogP contribution in [0.1, 0.15) is 25.7 Å². The summed E-state index contributed by atoms with van der Waals surface area (Å²) in [6, 6.07) is 0. The zero-order valence-electron chi connectivity index (χ0n) is 15.6. The van der Waals surface area contributed by atoms with Gasteiger partial charge in [-0.25, -0.2) is 4.79 Å². The van der Waals surface area contributed by atoms with Gasteiger partial charge in [-0.1, -0.05) is 6.58 Å². The number of carbonyl (C=O) groups is 1. The molecule has 0 spiro atoms. The fraction of sp³-hybridized carbons (Fsp3) is 0.800. The van der Waals surface area contributed by atoms with Crippen molar-refractivity contribution in [1.29, 1.82) is 0 Å². The maximum Gasteiger partial charge on any atom is 0.443 e. The van der Waals surface area contributed by atoms with E-state index in [1.807, 2.05) is 0 Å². The third-order valence-electron chi connectivity index (χ3n) is 4.07. The number of unbranched alkanes of at least 4 members (excludes halogenated alkanes) is 1. The molecule has 1 saturated heterocycles. The summed E-state index contributed by atoms with van der Waals surface area (Å²) in [6.45, 7) is 1.65. The van der Waals surface area contributed by atoms with Crippen molar-refractivity contribution in [3.8, 4) is 0 Å². The highest BCUT2D eigenvalue weighted by atomic mass is 32.2. The van der Waals surface area contributed by atoms with E-state index in [0.717, 1.165) is 0 Å². The van der Waals surface area contributed by atoms with Crippen LogP contribution in [-0.2, 0) is 29.1 Å². The number of hydrogen-bond acceptors (Lipinski definition) is 7. The molecule has 1 heterocycles. The van der Waals surface area contributed by atoms with Gasteiger partial charge in [-0.3, -0.25) is 4.55 Å². The van der Waals surface area contributed by atoms with Crippen molar-refractivity contribution in [2.45, 2.75) is 54.9 Å². The molecule has 1 aliphatic heterocycles. The van der Waals surface area contributed by atoms with Gasteiger partial charge in [0.15, 0.2) is 0 Å². The molecule has 8 nitrogen and oxygen atoms in total. The highest BCUT2D eigenvalue weighted by Crippen LogP contribution is 2.42. The first-order valence-electron chi connectivity index (χ1n) is 8.46. The number of carbonyl (C=O) groups excluding carboxylic acids is 1. The summed E-state index contributed by atoms with van der Waals surface area (Å²) in [5.74, 6) is -9.65. The minimum absolute atomic E-state index is 0.269. The molecular weight excluding hydrogens is 473 g/mol. The zero-order valence-corrected chi connectivity index (χ0v) is 16.4. The minimum Gasteiger partial charge on any atom is -0.456 e. The van der Waals surface area contributed by atoms with Crippen molar-refractivity contribution >= 4 is 16.1 Å². The molecule has 16 heteroatoms. The Bertz CT molecular complexity index is 768. The van der Waals surface area contributed by atoms with Crippen LogP contribution in [0.15, 0.2) is 12.2 Å². The SMILES string of the molecule is C=C(COCCCCC(F)(F)C(F)(F)S(=O)(=O)O)C(=O)OC1COC(O)(C(F)(F)F)C1. The smallest absolute Gasteiger partial charge is 0.443 e. The monoisotopic (exact) mass is 492 g/mol. The van der Waals surface area contributed by atoms with Gasteiger partial charge in [0.1, 0.15) is 6.10 Å². The Morgan fingerprint density at radius 1 is 1.16 bits per heavy atom. The number of alkyl halides is 7. The first kappa shape index (κ1) is 27.5. The van der Waals surface area contributed by atoms with E-state index in [-0.39, 0.29) is 18.6 Å². The summed E-state index contributed by atoms with van der Waals surface area (Å²) in [5, 5.41) is 3.63. The van der Waals surface area contributed by atoms with Crippen LogP contribution in [0.25, 0.3) is 0 Å². The van der Waals surface area contributed by atoms with E-state index in [4.69, 9.17) is 9.29 Å². The van der Waals surface area contributed by atoms with Gasteiger partial charge in [0.2, 0.25) is 0 Å². The van der Waals surface area contributed by atoms with Crippen LogP contribution < -0.4 is 0 Å². The van der Waals surface area contributed by atoms with Crippen molar-refractivity contribution in [3.05, 3.63) is 12.2 Å². The van der Waals surface area contributed by atoms with Crippen LogP contribution in [0, 0.1) is 0 Å². The van der Waals surface area contributed by atoms with E-state index >= 15 is 0 Å². The van der Waals surface area contributed by atoms with Gasteiger partial charge >= 0.3 is 33.4 Å². The lowest BCUT2D eigenvalue weighted by molar-refractivity contribution is -0.349. The summed E-state index contributed by atoms with van der Waals surface area (Å²) >= 11 is 0. The first-order valence-corrected chi connectivity index (χ1v) is 9.90. The molecule has 1 rings (SSSR count). The van der Waals surface area contributed by atoms with Crippen LogP contribution in [-0.4, -0.2) is 73.1 Å². The van der Waals surface area contributed by atoms with Crippen LogP contribution in [0.3, 0.4) is 0 Å². The molecule has 2 N–H and O–H groups in total. The third-order valence-corrected chi connectivity index (χ3v) is 5.02. The molecule has 0 amide bonds. The third kappa shape index (κ3) is 6.74. The largest absolute Gasteiger partial charge is 0.456 e. The van der Waals surface area contributed by atoms with Crippen molar-refractivity contribution in [2.75, 3.05) is 19.8 Å². The highest BCUT2D eigenvalue weighted by molar-refractivity contribution is 7.87. The average molecular weight is 492 g/mol. The molecule has 31 heavy (non-hydrogen) atoms. The van der Waals surface area contributed by atoms with E-state index in [9.17, 15) is 49.1 Å². The quantitative estimate of drug-likeness (QED) is 0.148. The Morgan fingerprint density at radius 3 is 2.23 bits per heavy atom.